The molecule has 0 amide bonds. The Bertz CT molecular complexity index is 599. The van der Waals surface area contributed by atoms with E-state index in [-0.39, 0.29) is 5.54 Å². The molecule has 0 bridgehead atoms. The summed E-state index contributed by atoms with van der Waals surface area (Å²) in [6.07, 6.45) is 0.874. The lowest BCUT2D eigenvalue weighted by Gasteiger charge is -2.20. The second kappa shape index (κ2) is 6.26. The highest BCUT2D eigenvalue weighted by Gasteiger charge is 2.11. The molecule has 2 rings (SSSR count). The fourth-order valence-corrected chi connectivity index (χ4v) is 1.88. The van der Waals surface area contributed by atoms with Crippen LogP contribution in [0.5, 0.6) is 11.8 Å². The Morgan fingerprint density at radius 2 is 1.95 bits per heavy atom. The van der Waals surface area contributed by atoms with E-state index in [1.54, 1.807) is 0 Å². The molecule has 5 heteroatoms. The Kier molecular flexibility index (Phi) is 4.63. The van der Waals surface area contributed by atoms with E-state index in [0.717, 1.165) is 24.4 Å². The molecule has 0 saturated carbocycles. The van der Waals surface area contributed by atoms with Gasteiger partial charge in [-0.2, -0.15) is 0 Å². The van der Waals surface area contributed by atoms with Crippen LogP contribution in [0.2, 0.25) is 0 Å². The highest BCUT2D eigenvalue weighted by Crippen LogP contribution is 2.20. The molecule has 0 aliphatic heterocycles. The van der Waals surface area contributed by atoms with Gasteiger partial charge in [-0.3, -0.25) is 5.10 Å². The number of hydrogen-bond donors (Lipinski definition) is 2. The first-order valence-corrected chi connectivity index (χ1v) is 7.30. The number of rotatable bonds is 5. The van der Waals surface area contributed by atoms with Crippen LogP contribution in [0.1, 0.15) is 44.6 Å². The van der Waals surface area contributed by atoms with Crippen molar-refractivity contribution < 1.29 is 4.74 Å². The van der Waals surface area contributed by atoms with Gasteiger partial charge in [-0.15, -0.1) is 5.10 Å². The third kappa shape index (κ3) is 4.86. The molecule has 0 aliphatic carbocycles. The highest BCUT2D eigenvalue weighted by atomic mass is 16.5. The molecule has 0 fully saturated rings. The molecule has 2 aromatic rings. The van der Waals surface area contributed by atoms with Gasteiger partial charge in [0.2, 0.25) is 11.8 Å². The molecule has 0 unspecified atom stereocenters. The second-order valence-corrected chi connectivity index (χ2v) is 6.25. The summed E-state index contributed by atoms with van der Waals surface area (Å²) in [4.78, 5) is 4.50. The predicted octanol–water partition coefficient (Wildman–Crippen LogP) is 3.36. The molecule has 5 nitrogen and oxygen atoms in total. The van der Waals surface area contributed by atoms with Gasteiger partial charge in [0.25, 0.3) is 0 Å². The summed E-state index contributed by atoms with van der Waals surface area (Å²) in [6.45, 7) is 11.3. The first-order valence-electron chi connectivity index (χ1n) is 7.30. The van der Waals surface area contributed by atoms with Gasteiger partial charge in [0.1, 0.15) is 0 Å². The Morgan fingerprint density at radius 1 is 1.19 bits per heavy atom. The minimum Gasteiger partial charge on any atom is -0.419 e. The van der Waals surface area contributed by atoms with Crippen LogP contribution in [-0.2, 0) is 13.0 Å². The Balaban J connectivity index is 2.17. The van der Waals surface area contributed by atoms with Gasteiger partial charge < -0.3 is 10.1 Å². The molecule has 2 heterocycles. The van der Waals surface area contributed by atoms with E-state index in [2.05, 4.69) is 54.3 Å². The smallest absolute Gasteiger partial charge is 0.240 e. The van der Waals surface area contributed by atoms with Gasteiger partial charge >= 0.3 is 0 Å². The van der Waals surface area contributed by atoms with Crippen molar-refractivity contribution in [3.63, 3.8) is 0 Å². The first-order chi connectivity index (χ1) is 9.85. The number of aryl methyl sites for hydroxylation is 2. The van der Waals surface area contributed by atoms with Gasteiger partial charge in [0.15, 0.2) is 0 Å². The summed E-state index contributed by atoms with van der Waals surface area (Å²) in [5.74, 6) is 1.13. The summed E-state index contributed by atoms with van der Waals surface area (Å²) < 4.78 is 5.73. The number of hydrogen-bond acceptors (Lipinski definition) is 4. The standard InChI is InChI=1S/C16H24N4O/c1-6-13-8-12(10-17-16(3,4)5)9-14(18-13)21-15-7-11(2)19-20-15/h7-9,17H,6,10H2,1-5H3,(H,19,20). The van der Waals surface area contributed by atoms with E-state index in [1.807, 2.05) is 19.1 Å². The van der Waals surface area contributed by atoms with E-state index >= 15 is 0 Å². The molecule has 0 spiro atoms. The van der Waals surface area contributed by atoms with Crippen LogP contribution in [-0.4, -0.2) is 20.7 Å². The fourth-order valence-electron chi connectivity index (χ4n) is 1.88. The zero-order chi connectivity index (χ0) is 15.5. The van der Waals surface area contributed by atoms with Gasteiger partial charge in [-0.05, 0) is 45.7 Å². The molecule has 114 valence electrons. The van der Waals surface area contributed by atoms with Gasteiger partial charge in [-0.1, -0.05) is 6.92 Å². The zero-order valence-electron chi connectivity index (χ0n) is 13.4. The summed E-state index contributed by atoms with van der Waals surface area (Å²) >= 11 is 0. The Labute approximate surface area is 126 Å². The van der Waals surface area contributed by atoms with Crippen molar-refractivity contribution in [3.05, 3.63) is 35.2 Å². The first kappa shape index (κ1) is 15.5. The highest BCUT2D eigenvalue weighted by molar-refractivity contribution is 5.28. The normalized spacial score (nSPS) is 11.7. The molecule has 2 N–H and O–H groups in total. The molecular weight excluding hydrogens is 264 g/mol. The number of H-pyrrole nitrogens is 1. The zero-order valence-corrected chi connectivity index (χ0v) is 13.4. The molecular formula is C16H24N4O. The van der Waals surface area contributed by atoms with E-state index in [0.29, 0.717) is 11.8 Å². The molecule has 2 aromatic heterocycles. The molecule has 21 heavy (non-hydrogen) atoms. The minimum absolute atomic E-state index is 0.0793. The maximum absolute atomic E-state index is 5.73. The molecule has 0 saturated heterocycles. The van der Waals surface area contributed by atoms with Gasteiger partial charge in [0.05, 0.1) is 0 Å². The van der Waals surface area contributed by atoms with Crippen LogP contribution in [0.3, 0.4) is 0 Å². The van der Waals surface area contributed by atoms with Gasteiger partial charge in [-0.25, -0.2) is 4.98 Å². The van der Waals surface area contributed by atoms with Crippen molar-refractivity contribution in [2.24, 2.45) is 0 Å². The number of aromatic nitrogens is 3. The van der Waals surface area contributed by atoms with Crippen LogP contribution in [0.15, 0.2) is 18.2 Å². The van der Waals surface area contributed by atoms with Crippen LogP contribution in [0, 0.1) is 6.92 Å². The van der Waals surface area contributed by atoms with E-state index in [9.17, 15) is 0 Å². The topological polar surface area (TPSA) is 62.8 Å². The lowest BCUT2D eigenvalue weighted by Crippen LogP contribution is -2.35. The number of nitrogens with one attached hydrogen (secondary N) is 2. The third-order valence-corrected chi connectivity index (χ3v) is 2.99. The van der Waals surface area contributed by atoms with Crippen LogP contribution >= 0.6 is 0 Å². The summed E-state index contributed by atoms with van der Waals surface area (Å²) in [6, 6.07) is 5.93. The van der Waals surface area contributed by atoms with Crippen molar-refractivity contribution in [1.29, 1.82) is 0 Å². The lowest BCUT2D eigenvalue weighted by molar-refractivity contribution is 0.419. The van der Waals surface area contributed by atoms with Crippen molar-refractivity contribution in [2.75, 3.05) is 0 Å². The number of ether oxygens (including phenoxy) is 1. The average molecular weight is 288 g/mol. The SMILES string of the molecule is CCc1cc(CNC(C)(C)C)cc(Oc2cc(C)[nH]n2)n1. The van der Waals surface area contributed by atoms with Crippen LogP contribution < -0.4 is 10.1 Å². The lowest BCUT2D eigenvalue weighted by atomic mass is 10.1. The summed E-state index contributed by atoms with van der Waals surface area (Å²) in [7, 11) is 0. The van der Waals surface area contributed by atoms with Crippen molar-refractivity contribution in [1.82, 2.24) is 20.5 Å². The minimum atomic E-state index is 0.0793. The van der Waals surface area contributed by atoms with E-state index < -0.39 is 0 Å². The quantitative estimate of drug-likeness (QED) is 0.885. The maximum atomic E-state index is 5.73. The average Bonchev–Trinajstić information content (AvgIpc) is 2.80. The molecule has 0 aromatic carbocycles. The largest absolute Gasteiger partial charge is 0.419 e. The van der Waals surface area contributed by atoms with Crippen molar-refractivity contribution in [3.8, 4) is 11.8 Å². The van der Waals surface area contributed by atoms with Crippen molar-refractivity contribution >= 4 is 0 Å². The van der Waals surface area contributed by atoms with E-state index in [4.69, 9.17) is 4.74 Å². The maximum Gasteiger partial charge on any atom is 0.240 e. The van der Waals surface area contributed by atoms with Crippen LogP contribution in [0.25, 0.3) is 0 Å². The molecule has 0 aliphatic rings. The predicted molar refractivity (Wildman–Crippen MR) is 83.6 cm³/mol. The van der Waals surface area contributed by atoms with Crippen LogP contribution in [0.4, 0.5) is 0 Å². The number of nitrogens with zero attached hydrogens (tertiary/aromatic N) is 2. The number of pyridine rings is 1. The summed E-state index contributed by atoms with van der Waals surface area (Å²) in [5, 5.41) is 10.4. The number of aromatic amines is 1. The Morgan fingerprint density at radius 3 is 2.52 bits per heavy atom. The monoisotopic (exact) mass is 288 g/mol. The van der Waals surface area contributed by atoms with Crippen molar-refractivity contribution in [2.45, 2.75) is 53.1 Å². The summed E-state index contributed by atoms with van der Waals surface area (Å²) in [5.41, 5.74) is 3.23. The van der Waals surface area contributed by atoms with Gasteiger partial charge in [0, 0.05) is 35.6 Å². The Hall–Kier alpha value is -1.88. The molecule has 0 radical (unpaired) electrons. The third-order valence-electron chi connectivity index (χ3n) is 2.99. The second-order valence-electron chi connectivity index (χ2n) is 6.25. The van der Waals surface area contributed by atoms with E-state index in [1.165, 1.54) is 5.56 Å². The fraction of sp³-hybridized carbons (Fsp3) is 0.500. The molecule has 0 atom stereocenters.